The molecule has 1 N–H and O–H groups in total. The molecule has 1 heterocycles. The van der Waals surface area contributed by atoms with E-state index in [1.54, 1.807) is 31.2 Å². The van der Waals surface area contributed by atoms with E-state index in [4.69, 9.17) is 16.3 Å². The topological polar surface area (TPSA) is 94.3 Å². The number of benzene rings is 1. The van der Waals surface area contributed by atoms with Crippen LogP contribution in [0.3, 0.4) is 0 Å². The number of nitrogens with zero attached hydrogens (tertiary/aromatic N) is 3. The molecule has 0 aliphatic heterocycles. The van der Waals surface area contributed by atoms with Crippen molar-refractivity contribution in [1.82, 2.24) is 14.8 Å². The summed E-state index contributed by atoms with van der Waals surface area (Å²) in [4.78, 5) is 29.2. The number of Topliss-reactive ketones (excluding diaryl/α,β-unsaturated/α-hetero) is 1. The molecular weight excluding hydrogens is 358 g/mol. The number of hydrogen-bond acceptors (Lipinski definition) is 5. The number of hydrogen-bond donors (Lipinski definition) is 1. The van der Waals surface area contributed by atoms with E-state index in [0.717, 1.165) is 6.42 Å². The first kappa shape index (κ1) is 19.9. The number of rotatable bonds is 10. The molecule has 0 saturated carbocycles. The van der Waals surface area contributed by atoms with Gasteiger partial charge >= 0.3 is 5.97 Å². The van der Waals surface area contributed by atoms with Crippen LogP contribution in [-0.4, -0.2) is 31.6 Å². The molecule has 0 radical (unpaired) electrons. The van der Waals surface area contributed by atoms with Gasteiger partial charge in [0.1, 0.15) is 23.8 Å². The van der Waals surface area contributed by atoms with E-state index >= 15 is 0 Å². The molecule has 2 aromatic rings. The second kappa shape index (κ2) is 8.80. The van der Waals surface area contributed by atoms with Crippen molar-refractivity contribution in [3.8, 4) is 5.75 Å². The minimum absolute atomic E-state index is 0.163. The molecule has 7 nitrogen and oxygen atoms in total. The van der Waals surface area contributed by atoms with E-state index in [0.29, 0.717) is 17.2 Å². The third-order valence-electron chi connectivity index (χ3n) is 4.40. The van der Waals surface area contributed by atoms with Gasteiger partial charge < -0.3 is 9.84 Å². The van der Waals surface area contributed by atoms with Gasteiger partial charge in [-0.3, -0.25) is 9.59 Å². The second-order valence-electron chi connectivity index (χ2n) is 6.01. The smallest absolute Gasteiger partial charge is 0.317 e. The third kappa shape index (κ3) is 4.22. The number of ether oxygens (including phenoxy) is 1. The number of aromatic nitrogens is 3. The molecule has 2 unspecified atom stereocenters. The molecule has 0 aliphatic carbocycles. The first-order valence-corrected chi connectivity index (χ1v) is 8.86. The Morgan fingerprint density at radius 3 is 2.50 bits per heavy atom. The lowest BCUT2D eigenvalue weighted by atomic mass is 9.75. The van der Waals surface area contributed by atoms with Crippen LogP contribution < -0.4 is 4.74 Å². The van der Waals surface area contributed by atoms with Crippen molar-refractivity contribution in [2.24, 2.45) is 5.41 Å². The van der Waals surface area contributed by atoms with Crippen molar-refractivity contribution in [3.63, 3.8) is 0 Å². The largest absolute Gasteiger partial charge is 0.480 e. The molecule has 1 aromatic heterocycles. The maximum absolute atomic E-state index is 13.3. The summed E-state index contributed by atoms with van der Waals surface area (Å²) >= 11 is 5.88. The normalized spacial score (nSPS) is 14.4. The summed E-state index contributed by atoms with van der Waals surface area (Å²) in [7, 11) is 0. The van der Waals surface area contributed by atoms with Crippen LogP contribution in [-0.2, 0) is 9.59 Å². The zero-order chi connectivity index (χ0) is 19.2. The summed E-state index contributed by atoms with van der Waals surface area (Å²) in [5.74, 6) is -1.32. The number of carbonyl (C=O) groups excluding carboxylic acids is 1. The zero-order valence-corrected chi connectivity index (χ0v) is 15.5. The van der Waals surface area contributed by atoms with E-state index in [1.165, 1.54) is 17.3 Å². The van der Waals surface area contributed by atoms with Crippen LogP contribution in [0.15, 0.2) is 36.9 Å². The molecule has 1 aromatic carbocycles. The molecule has 0 saturated heterocycles. The predicted molar refractivity (Wildman–Crippen MR) is 96.0 cm³/mol. The molecule has 0 fully saturated rings. The molecule has 0 aliphatic rings. The Bertz CT molecular complexity index is 733. The Kier molecular flexibility index (Phi) is 6.74. The van der Waals surface area contributed by atoms with Crippen molar-refractivity contribution in [2.45, 2.75) is 45.8 Å². The van der Waals surface area contributed by atoms with Gasteiger partial charge in [0.15, 0.2) is 0 Å². The van der Waals surface area contributed by atoms with Crippen LogP contribution in [0.5, 0.6) is 5.75 Å². The van der Waals surface area contributed by atoms with E-state index in [1.807, 2.05) is 6.92 Å². The lowest BCUT2D eigenvalue weighted by Crippen LogP contribution is -2.45. The number of halogens is 1. The third-order valence-corrected chi connectivity index (χ3v) is 4.66. The summed E-state index contributed by atoms with van der Waals surface area (Å²) < 4.78 is 7.03. The summed E-state index contributed by atoms with van der Waals surface area (Å²) in [6.45, 7) is 3.65. The number of carboxylic acid groups (broad SMARTS) is 1. The van der Waals surface area contributed by atoms with Crippen molar-refractivity contribution in [2.75, 3.05) is 0 Å². The molecule has 0 bridgehead atoms. The van der Waals surface area contributed by atoms with E-state index < -0.39 is 23.4 Å². The van der Waals surface area contributed by atoms with Gasteiger partial charge in [0.05, 0.1) is 0 Å². The van der Waals surface area contributed by atoms with Gasteiger partial charge in [-0.15, -0.1) is 0 Å². The summed E-state index contributed by atoms with van der Waals surface area (Å²) in [5.41, 5.74) is -1.54. The number of carbonyl (C=O) groups is 2. The van der Waals surface area contributed by atoms with Crippen molar-refractivity contribution in [1.29, 1.82) is 0 Å². The average Bonchev–Trinajstić information content (AvgIpc) is 3.16. The minimum Gasteiger partial charge on any atom is -0.480 e. The van der Waals surface area contributed by atoms with Gasteiger partial charge in [-0.25, -0.2) is 9.67 Å². The fourth-order valence-corrected chi connectivity index (χ4v) is 2.89. The van der Waals surface area contributed by atoms with Gasteiger partial charge in [-0.1, -0.05) is 38.3 Å². The Hall–Kier alpha value is -2.41. The standard InChI is InChI=1S/C18H22ClN3O4/c1-3-5-10-18(4-2,17(24)25)15(23)16(22-12-20-11-21-22)26-14-8-6-13(19)7-9-14/h6-9,11-12,16H,3-5,10H2,1-2H3,(H,24,25). The molecular formula is C18H22ClN3O4. The monoisotopic (exact) mass is 379 g/mol. The minimum atomic E-state index is -1.54. The summed E-state index contributed by atoms with van der Waals surface area (Å²) in [6.07, 6.45) is 3.18. The van der Waals surface area contributed by atoms with Crippen LogP contribution in [0.25, 0.3) is 0 Å². The predicted octanol–water partition coefficient (Wildman–Crippen LogP) is 3.75. The van der Waals surface area contributed by atoms with Gasteiger partial charge in [-0.05, 0) is 37.1 Å². The summed E-state index contributed by atoms with van der Waals surface area (Å²) in [5, 5.41) is 14.3. The molecule has 0 spiro atoms. The van der Waals surface area contributed by atoms with Gasteiger partial charge in [0.2, 0.25) is 5.78 Å². The highest BCUT2D eigenvalue weighted by Crippen LogP contribution is 2.35. The lowest BCUT2D eigenvalue weighted by molar-refractivity contribution is -0.161. The Morgan fingerprint density at radius 1 is 1.31 bits per heavy atom. The fourth-order valence-electron chi connectivity index (χ4n) is 2.76. The molecule has 0 amide bonds. The molecule has 2 atom stereocenters. The van der Waals surface area contributed by atoms with Crippen LogP contribution in [0.4, 0.5) is 0 Å². The lowest BCUT2D eigenvalue weighted by Gasteiger charge is -2.30. The van der Waals surface area contributed by atoms with Crippen LogP contribution >= 0.6 is 11.6 Å². The number of carboxylic acids is 1. The fraction of sp³-hybridized carbons (Fsp3) is 0.444. The zero-order valence-electron chi connectivity index (χ0n) is 14.8. The average molecular weight is 380 g/mol. The first-order valence-electron chi connectivity index (χ1n) is 8.48. The second-order valence-corrected chi connectivity index (χ2v) is 6.44. The number of aliphatic carboxylic acids is 1. The molecule has 8 heteroatoms. The summed E-state index contributed by atoms with van der Waals surface area (Å²) in [6, 6.07) is 6.47. The Morgan fingerprint density at radius 2 is 2.00 bits per heavy atom. The van der Waals surface area contributed by atoms with Gasteiger partial charge in [-0.2, -0.15) is 5.10 Å². The number of unbranched alkanes of at least 4 members (excludes halogenated alkanes) is 1. The van der Waals surface area contributed by atoms with Crippen molar-refractivity contribution >= 4 is 23.4 Å². The maximum atomic E-state index is 13.3. The van der Waals surface area contributed by atoms with Crippen molar-refractivity contribution in [3.05, 3.63) is 41.9 Å². The highest BCUT2D eigenvalue weighted by molar-refractivity contribution is 6.30. The number of ketones is 1. The Balaban J connectivity index is 2.40. The van der Waals surface area contributed by atoms with Crippen LogP contribution in [0, 0.1) is 5.41 Å². The van der Waals surface area contributed by atoms with E-state index in [-0.39, 0.29) is 12.8 Å². The van der Waals surface area contributed by atoms with Crippen LogP contribution in [0.1, 0.15) is 45.8 Å². The Labute approximate surface area is 156 Å². The SMILES string of the molecule is CCCCC(CC)(C(=O)O)C(=O)C(Oc1ccc(Cl)cc1)n1cncn1. The van der Waals surface area contributed by atoms with E-state index in [2.05, 4.69) is 10.1 Å². The quantitative estimate of drug-likeness (QED) is 0.632. The van der Waals surface area contributed by atoms with Gasteiger partial charge in [0.25, 0.3) is 6.23 Å². The molecule has 2 rings (SSSR count). The van der Waals surface area contributed by atoms with Gasteiger partial charge in [0, 0.05) is 5.02 Å². The first-order chi connectivity index (χ1) is 12.4. The maximum Gasteiger partial charge on any atom is 0.317 e. The van der Waals surface area contributed by atoms with E-state index in [9.17, 15) is 14.7 Å². The molecule has 140 valence electrons. The highest BCUT2D eigenvalue weighted by atomic mass is 35.5. The molecule has 26 heavy (non-hydrogen) atoms. The van der Waals surface area contributed by atoms with Crippen molar-refractivity contribution < 1.29 is 19.4 Å². The van der Waals surface area contributed by atoms with Crippen LogP contribution in [0.2, 0.25) is 5.02 Å². The highest BCUT2D eigenvalue weighted by Gasteiger charge is 2.48.